The van der Waals surface area contributed by atoms with E-state index >= 15 is 0 Å². The molecule has 0 unspecified atom stereocenters. The zero-order valence-electron chi connectivity index (χ0n) is 9.05. The van der Waals surface area contributed by atoms with Gasteiger partial charge in [-0.3, -0.25) is 4.99 Å². The molecule has 0 bridgehead atoms. The normalized spacial score (nSPS) is 18.4. The molecule has 0 fully saturated rings. The number of thioether (sulfide) groups is 1. The molecule has 16 heavy (non-hydrogen) atoms. The van der Waals surface area contributed by atoms with E-state index in [4.69, 9.17) is 0 Å². The molecule has 1 N–H and O–H groups in total. The van der Waals surface area contributed by atoms with Crippen LogP contribution in [0, 0.1) is 11.6 Å². The second-order valence-electron chi connectivity index (χ2n) is 4.24. The summed E-state index contributed by atoms with van der Waals surface area (Å²) in [5.74, 6) is -0.396. The molecule has 0 radical (unpaired) electrons. The summed E-state index contributed by atoms with van der Waals surface area (Å²) in [6, 6.07) is 3.77. The number of hydrogen-bond acceptors (Lipinski definition) is 3. The number of aliphatic imine (C=N–C) groups is 1. The molecule has 0 amide bonds. The van der Waals surface area contributed by atoms with Crippen molar-refractivity contribution in [3.63, 3.8) is 0 Å². The smallest absolute Gasteiger partial charge is 0.161 e. The molecule has 86 valence electrons. The Kier molecular flexibility index (Phi) is 2.88. The van der Waals surface area contributed by atoms with Crippen molar-refractivity contribution in [3.8, 4) is 0 Å². The molecule has 1 aromatic rings. The molecule has 0 aliphatic carbocycles. The van der Waals surface area contributed by atoms with Gasteiger partial charge in [-0.15, -0.1) is 0 Å². The maximum atomic E-state index is 13.3. The Morgan fingerprint density at radius 3 is 2.44 bits per heavy atom. The van der Waals surface area contributed by atoms with Crippen LogP contribution in [0.15, 0.2) is 23.2 Å². The van der Waals surface area contributed by atoms with Crippen LogP contribution in [0.4, 0.5) is 14.5 Å². The van der Waals surface area contributed by atoms with Crippen molar-refractivity contribution in [1.82, 2.24) is 0 Å². The van der Waals surface area contributed by atoms with E-state index in [9.17, 15) is 8.78 Å². The van der Waals surface area contributed by atoms with Crippen LogP contribution in [0.25, 0.3) is 0 Å². The Hall–Kier alpha value is -1.10. The molecule has 5 heteroatoms. The minimum atomic E-state index is -0.604. The van der Waals surface area contributed by atoms with Gasteiger partial charge >= 0.3 is 0 Å². The van der Waals surface area contributed by atoms with Gasteiger partial charge in [0.25, 0.3) is 0 Å². The Morgan fingerprint density at radius 1 is 1.31 bits per heavy atom. The van der Waals surface area contributed by atoms with Crippen LogP contribution in [0.3, 0.4) is 0 Å². The van der Waals surface area contributed by atoms with E-state index in [2.05, 4.69) is 10.3 Å². The third-order valence-electron chi connectivity index (χ3n) is 2.16. The highest BCUT2D eigenvalue weighted by Gasteiger charge is 2.26. The summed E-state index contributed by atoms with van der Waals surface area (Å²) in [5, 5.41) is 3.26. The van der Waals surface area contributed by atoms with E-state index in [0.29, 0.717) is 5.17 Å². The van der Waals surface area contributed by atoms with Gasteiger partial charge in [-0.25, -0.2) is 8.78 Å². The van der Waals surface area contributed by atoms with Gasteiger partial charge in [-0.05, 0) is 26.0 Å². The fraction of sp³-hybridized carbons (Fsp3) is 0.364. The van der Waals surface area contributed by atoms with Crippen LogP contribution in [-0.4, -0.2) is 16.5 Å². The van der Waals surface area contributed by atoms with Crippen molar-refractivity contribution in [2.75, 3.05) is 11.1 Å². The van der Waals surface area contributed by atoms with Crippen LogP contribution in [0.5, 0.6) is 0 Å². The molecular weight excluding hydrogens is 230 g/mol. The highest BCUT2D eigenvalue weighted by molar-refractivity contribution is 8.14. The lowest BCUT2D eigenvalue weighted by molar-refractivity contribution is 0.590. The third-order valence-corrected chi connectivity index (χ3v) is 3.48. The number of anilines is 1. The summed E-state index contributed by atoms with van der Waals surface area (Å²) in [4.78, 5) is 4.33. The van der Waals surface area contributed by atoms with Crippen LogP contribution >= 0.6 is 11.8 Å². The maximum absolute atomic E-state index is 13.3. The minimum absolute atomic E-state index is 0.133. The number of para-hydroxylation sites is 1. The third kappa shape index (κ3) is 2.35. The second kappa shape index (κ2) is 4.05. The van der Waals surface area contributed by atoms with Crippen molar-refractivity contribution < 1.29 is 8.78 Å². The molecule has 0 atom stereocenters. The van der Waals surface area contributed by atoms with Crippen LogP contribution in [0.2, 0.25) is 0 Å². The Labute approximate surface area is 97.1 Å². The van der Waals surface area contributed by atoms with Crippen LogP contribution < -0.4 is 5.32 Å². The van der Waals surface area contributed by atoms with Gasteiger partial charge in [0.2, 0.25) is 0 Å². The number of halogens is 2. The van der Waals surface area contributed by atoms with Crippen molar-refractivity contribution in [2.24, 2.45) is 4.99 Å². The predicted molar refractivity (Wildman–Crippen MR) is 64.0 cm³/mol. The summed E-state index contributed by atoms with van der Waals surface area (Å²) < 4.78 is 26.7. The molecule has 0 saturated carbocycles. The molecule has 1 heterocycles. The SMILES string of the molecule is CC1(C)CSC(Nc2c(F)cccc2F)=N1. The average molecular weight is 242 g/mol. The first-order valence-corrected chi connectivity index (χ1v) is 5.90. The molecule has 0 spiro atoms. The minimum Gasteiger partial charge on any atom is -0.330 e. The molecule has 0 saturated heterocycles. The van der Waals surface area contributed by atoms with Gasteiger partial charge in [-0.2, -0.15) is 0 Å². The van der Waals surface area contributed by atoms with Gasteiger partial charge in [0.05, 0.1) is 5.54 Å². The monoisotopic (exact) mass is 242 g/mol. The van der Waals surface area contributed by atoms with Gasteiger partial charge in [0.1, 0.15) is 17.3 Å². The summed E-state index contributed by atoms with van der Waals surface area (Å²) in [7, 11) is 0. The van der Waals surface area contributed by atoms with Crippen molar-refractivity contribution in [1.29, 1.82) is 0 Å². The van der Waals surface area contributed by atoms with E-state index in [0.717, 1.165) is 5.75 Å². The average Bonchev–Trinajstić information content (AvgIpc) is 2.52. The highest BCUT2D eigenvalue weighted by Crippen LogP contribution is 2.29. The van der Waals surface area contributed by atoms with E-state index in [1.54, 1.807) is 0 Å². The number of rotatable bonds is 1. The van der Waals surface area contributed by atoms with Crippen LogP contribution in [0.1, 0.15) is 13.8 Å². The Bertz CT molecular complexity index is 423. The second-order valence-corrected chi connectivity index (χ2v) is 5.20. The topological polar surface area (TPSA) is 24.4 Å². The van der Waals surface area contributed by atoms with E-state index in [1.165, 1.54) is 30.0 Å². The van der Waals surface area contributed by atoms with Crippen molar-refractivity contribution in [2.45, 2.75) is 19.4 Å². The Morgan fingerprint density at radius 2 is 1.94 bits per heavy atom. The van der Waals surface area contributed by atoms with E-state index in [-0.39, 0.29) is 11.2 Å². The zero-order chi connectivity index (χ0) is 11.8. The van der Waals surface area contributed by atoms with Crippen molar-refractivity contribution in [3.05, 3.63) is 29.8 Å². The van der Waals surface area contributed by atoms with Crippen molar-refractivity contribution >= 4 is 22.6 Å². The summed E-state index contributed by atoms with van der Waals surface area (Å²) in [6.07, 6.45) is 0. The first-order chi connectivity index (χ1) is 7.48. The number of benzene rings is 1. The van der Waals surface area contributed by atoms with E-state index < -0.39 is 11.6 Å². The largest absolute Gasteiger partial charge is 0.330 e. The quantitative estimate of drug-likeness (QED) is 0.817. The lowest BCUT2D eigenvalue weighted by Crippen LogP contribution is -2.15. The standard InChI is InChI=1S/C11H12F2N2S/c1-11(2)6-16-10(15-11)14-9-7(12)4-3-5-8(9)13/h3-5H,6H2,1-2H3,(H,14,15). The molecular formula is C11H12F2N2S. The number of nitrogens with zero attached hydrogens (tertiary/aromatic N) is 1. The number of hydrogen-bond donors (Lipinski definition) is 1. The fourth-order valence-electron chi connectivity index (χ4n) is 1.37. The van der Waals surface area contributed by atoms with Gasteiger partial charge in [-0.1, -0.05) is 17.8 Å². The lowest BCUT2D eigenvalue weighted by atomic mass is 10.1. The first-order valence-electron chi connectivity index (χ1n) is 4.92. The van der Waals surface area contributed by atoms with Gasteiger partial charge < -0.3 is 5.32 Å². The molecule has 1 aliphatic rings. The molecule has 1 aliphatic heterocycles. The first kappa shape index (κ1) is 11.4. The maximum Gasteiger partial charge on any atom is 0.161 e. The molecule has 2 nitrogen and oxygen atoms in total. The van der Waals surface area contributed by atoms with E-state index in [1.807, 2.05) is 13.8 Å². The summed E-state index contributed by atoms with van der Waals surface area (Å²) >= 11 is 1.47. The van der Waals surface area contributed by atoms with Gasteiger partial charge in [0.15, 0.2) is 5.17 Å². The summed E-state index contributed by atoms with van der Waals surface area (Å²) in [5.41, 5.74) is -0.305. The van der Waals surface area contributed by atoms with Crippen LogP contribution in [-0.2, 0) is 0 Å². The number of nitrogens with one attached hydrogen (secondary N) is 1. The molecule has 0 aromatic heterocycles. The lowest BCUT2D eigenvalue weighted by Gasteiger charge is -2.09. The predicted octanol–water partition coefficient (Wildman–Crippen LogP) is 3.26. The Balaban J connectivity index is 2.23. The van der Waals surface area contributed by atoms with Gasteiger partial charge in [0, 0.05) is 5.75 Å². The zero-order valence-corrected chi connectivity index (χ0v) is 9.87. The highest BCUT2D eigenvalue weighted by atomic mass is 32.2. The summed E-state index contributed by atoms with van der Waals surface area (Å²) in [6.45, 7) is 3.96. The fourth-order valence-corrected chi connectivity index (χ4v) is 2.41. The molecule has 1 aromatic carbocycles. The molecule has 2 rings (SSSR count). The number of amidine groups is 1.